The highest BCUT2D eigenvalue weighted by atomic mass is 32.3. The number of nitrogens with zero attached hydrogens (tertiary/aromatic N) is 1. The molecular formula is C9H11N2O6S-. The van der Waals surface area contributed by atoms with Crippen molar-refractivity contribution in [3.63, 3.8) is 0 Å². The summed E-state index contributed by atoms with van der Waals surface area (Å²) >= 11 is 0. The topological polar surface area (TPSA) is 149 Å². The number of hydrogen-bond donors (Lipinski definition) is 1. The SMILES string of the molecule is NC1Cc2ccc([N+](=O)[O-])cc2C1.O=S(=O)([O-])[O-].[H+]. The summed E-state index contributed by atoms with van der Waals surface area (Å²) in [5, 5.41) is 10.5. The van der Waals surface area contributed by atoms with Crippen molar-refractivity contribution in [3.05, 3.63) is 39.4 Å². The van der Waals surface area contributed by atoms with Gasteiger partial charge in [0.1, 0.15) is 0 Å². The molecule has 9 heteroatoms. The number of benzene rings is 1. The molecule has 100 valence electrons. The van der Waals surface area contributed by atoms with Crippen LogP contribution in [0.3, 0.4) is 0 Å². The zero-order chi connectivity index (χ0) is 13.9. The first-order valence-corrected chi connectivity index (χ1v) is 6.18. The number of non-ortho nitro benzene ring substituents is 1. The van der Waals surface area contributed by atoms with E-state index in [1.54, 1.807) is 12.1 Å². The minimum Gasteiger partial charge on any atom is -0.759 e. The van der Waals surface area contributed by atoms with Crippen molar-refractivity contribution in [2.75, 3.05) is 0 Å². The van der Waals surface area contributed by atoms with E-state index >= 15 is 0 Å². The Balaban J connectivity index is 0.000000471. The van der Waals surface area contributed by atoms with Crippen molar-refractivity contribution in [1.29, 1.82) is 0 Å². The van der Waals surface area contributed by atoms with Crippen LogP contribution in [-0.4, -0.2) is 28.5 Å². The van der Waals surface area contributed by atoms with Crippen LogP contribution in [0.15, 0.2) is 18.2 Å². The van der Waals surface area contributed by atoms with Crippen LogP contribution in [0, 0.1) is 10.1 Å². The Hall–Kier alpha value is -1.55. The van der Waals surface area contributed by atoms with Crippen molar-refractivity contribution in [1.82, 2.24) is 0 Å². The molecule has 1 atom stereocenters. The zero-order valence-electron chi connectivity index (χ0n) is 10.1. The van der Waals surface area contributed by atoms with Gasteiger partial charge in [-0.2, -0.15) is 0 Å². The molecular weight excluding hydrogens is 264 g/mol. The average Bonchev–Trinajstić information content (AvgIpc) is 2.53. The smallest absolute Gasteiger partial charge is 0.759 e. The van der Waals surface area contributed by atoms with Gasteiger partial charge >= 0.3 is 1.43 Å². The Morgan fingerprint density at radius 1 is 1.28 bits per heavy atom. The van der Waals surface area contributed by atoms with Gasteiger partial charge in [-0.1, -0.05) is 6.07 Å². The summed E-state index contributed by atoms with van der Waals surface area (Å²) < 4.78 is 34.1. The standard InChI is InChI=1S/C9H10N2O2.H2O4S/c10-8-3-6-1-2-9(11(12)13)5-7(6)4-8;1-5(2,3)4/h1-2,5,8H,3-4,10H2;(H2,1,2,3,4)/p-1. The molecule has 1 aliphatic carbocycles. The molecule has 0 radical (unpaired) electrons. The molecule has 1 aromatic carbocycles. The second-order valence-electron chi connectivity index (χ2n) is 3.79. The first kappa shape index (κ1) is 14.5. The molecule has 0 aromatic heterocycles. The first-order chi connectivity index (χ1) is 8.16. The number of rotatable bonds is 1. The van der Waals surface area contributed by atoms with Gasteiger partial charge in [-0.25, -0.2) is 0 Å². The third-order valence-corrected chi connectivity index (χ3v) is 2.36. The molecule has 0 aliphatic heterocycles. The quantitative estimate of drug-likeness (QED) is 0.322. The van der Waals surface area contributed by atoms with Crippen LogP contribution in [0.4, 0.5) is 5.69 Å². The highest BCUT2D eigenvalue weighted by Crippen LogP contribution is 2.25. The number of nitrogens with two attached hydrogens (primary N) is 1. The molecule has 0 heterocycles. The predicted octanol–water partition coefficient (Wildman–Crippen LogP) is -0.205. The number of nitro benzene ring substituents is 1. The predicted molar refractivity (Wildman–Crippen MR) is 60.1 cm³/mol. The van der Waals surface area contributed by atoms with Crippen molar-refractivity contribution in [3.8, 4) is 0 Å². The molecule has 0 bridgehead atoms. The van der Waals surface area contributed by atoms with Crippen molar-refractivity contribution >= 4 is 16.1 Å². The van der Waals surface area contributed by atoms with Gasteiger partial charge in [0.15, 0.2) is 0 Å². The maximum absolute atomic E-state index is 10.5. The normalized spacial score (nSPS) is 17.6. The number of hydrogen-bond acceptors (Lipinski definition) is 7. The lowest BCUT2D eigenvalue weighted by Gasteiger charge is -2.06. The summed E-state index contributed by atoms with van der Waals surface area (Å²) in [4.78, 5) is 10.1. The van der Waals surface area contributed by atoms with Crippen LogP contribution in [0.1, 0.15) is 12.6 Å². The van der Waals surface area contributed by atoms with Crippen molar-refractivity contribution in [2.45, 2.75) is 18.9 Å². The van der Waals surface area contributed by atoms with Crippen molar-refractivity contribution in [2.24, 2.45) is 5.73 Å². The molecule has 0 fully saturated rings. The van der Waals surface area contributed by atoms with E-state index in [0.29, 0.717) is 0 Å². The lowest BCUT2D eigenvalue weighted by molar-refractivity contribution is -0.384. The van der Waals surface area contributed by atoms with E-state index < -0.39 is 10.4 Å². The highest BCUT2D eigenvalue weighted by Gasteiger charge is 2.20. The third kappa shape index (κ3) is 4.75. The summed E-state index contributed by atoms with van der Waals surface area (Å²) in [5.41, 5.74) is 8.08. The van der Waals surface area contributed by atoms with Gasteiger partial charge in [0.05, 0.1) is 4.92 Å². The molecule has 0 amide bonds. The molecule has 0 saturated carbocycles. The molecule has 1 aliphatic rings. The average molecular weight is 275 g/mol. The van der Waals surface area contributed by atoms with Gasteiger partial charge in [-0.05, 0) is 24.0 Å². The van der Waals surface area contributed by atoms with Gasteiger partial charge in [-0.15, -0.1) is 0 Å². The summed E-state index contributed by atoms with van der Waals surface area (Å²) in [6.07, 6.45) is 1.60. The van der Waals surface area contributed by atoms with E-state index in [0.717, 1.165) is 24.0 Å². The number of fused-ring (bicyclic) bond motifs is 1. The summed E-state index contributed by atoms with van der Waals surface area (Å²) in [7, 11) is -5.17. The van der Waals surface area contributed by atoms with Crippen molar-refractivity contribution < 1.29 is 23.9 Å². The lowest BCUT2D eigenvalue weighted by Crippen LogP contribution is -2.18. The van der Waals surface area contributed by atoms with Gasteiger partial charge in [0.2, 0.25) is 0 Å². The van der Waals surface area contributed by atoms with Gasteiger partial charge in [-0.3, -0.25) is 18.5 Å². The fraction of sp³-hybridized carbons (Fsp3) is 0.333. The van der Waals surface area contributed by atoms with E-state index in [1.807, 2.05) is 0 Å². The fourth-order valence-corrected chi connectivity index (χ4v) is 1.75. The first-order valence-electron chi connectivity index (χ1n) is 4.85. The minimum absolute atomic E-state index is 0. The molecule has 2 N–H and O–H groups in total. The molecule has 2 rings (SSSR count). The van der Waals surface area contributed by atoms with Crippen LogP contribution in [-0.2, 0) is 23.2 Å². The summed E-state index contributed by atoms with van der Waals surface area (Å²) in [5.74, 6) is 0. The van der Waals surface area contributed by atoms with E-state index in [4.69, 9.17) is 23.3 Å². The Morgan fingerprint density at radius 3 is 2.28 bits per heavy atom. The summed E-state index contributed by atoms with van der Waals surface area (Å²) in [6, 6.07) is 5.11. The fourth-order valence-electron chi connectivity index (χ4n) is 1.75. The Morgan fingerprint density at radius 2 is 1.78 bits per heavy atom. The third-order valence-electron chi connectivity index (χ3n) is 2.36. The molecule has 1 aromatic rings. The lowest BCUT2D eigenvalue weighted by atomic mass is 10.1. The molecule has 8 nitrogen and oxygen atoms in total. The Labute approximate surface area is 105 Å². The van der Waals surface area contributed by atoms with Gasteiger partial charge in [0, 0.05) is 28.6 Å². The maximum atomic E-state index is 10.5. The monoisotopic (exact) mass is 275 g/mol. The van der Waals surface area contributed by atoms with Crippen LogP contribution in [0.5, 0.6) is 0 Å². The molecule has 0 saturated heterocycles. The molecule has 18 heavy (non-hydrogen) atoms. The van der Waals surface area contributed by atoms with Crippen LogP contribution in [0.2, 0.25) is 0 Å². The van der Waals surface area contributed by atoms with E-state index in [1.165, 1.54) is 6.07 Å². The van der Waals surface area contributed by atoms with Gasteiger partial charge < -0.3 is 14.8 Å². The van der Waals surface area contributed by atoms with E-state index in [2.05, 4.69) is 0 Å². The number of nitro groups is 1. The van der Waals surface area contributed by atoms with Crippen LogP contribution < -0.4 is 5.73 Å². The highest BCUT2D eigenvalue weighted by molar-refractivity contribution is 7.79. The molecule has 1 unspecified atom stereocenters. The Kier molecular flexibility index (Phi) is 4.35. The molecule has 0 spiro atoms. The zero-order valence-corrected chi connectivity index (χ0v) is 9.92. The maximum Gasteiger partial charge on any atom is 1.00 e. The minimum atomic E-state index is -5.17. The van der Waals surface area contributed by atoms with Crippen LogP contribution in [0.25, 0.3) is 0 Å². The van der Waals surface area contributed by atoms with Crippen LogP contribution >= 0.6 is 0 Å². The van der Waals surface area contributed by atoms with Gasteiger partial charge in [0.25, 0.3) is 5.69 Å². The largest absolute Gasteiger partial charge is 1.00 e. The second-order valence-corrected chi connectivity index (χ2v) is 4.60. The van der Waals surface area contributed by atoms with E-state index in [9.17, 15) is 10.1 Å². The Bertz CT molecular complexity index is 554. The second kappa shape index (κ2) is 5.40. The van der Waals surface area contributed by atoms with E-state index in [-0.39, 0.29) is 18.1 Å². The summed E-state index contributed by atoms with van der Waals surface area (Å²) in [6.45, 7) is 0.